The molecule has 1 saturated carbocycles. The van der Waals surface area contributed by atoms with Gasteiger partial charge in [-0.1, -0.05) is 19.3 Å². The molecule has 1 N–H and O–H groups in total. The van der Waals surface area contributed by atoms with Crippen LogP contribution in [-0.2, 0) is 14.6 Å². The molecule has 5 heteroatoms. The van der Waals surface area contributed by atoms with E-state index in [1.54, 1.807) is 0 Å². The van der Waals surface area contributed by atoms with E-state index in [0.29, 0.717) is 18.8 Å². The number of rotatable bonds is 4. The normalized spacial score (nSPS) is 30.9. The van der Waals surface area contributed by atoms with Gasteiger partial charge in [0.05, 0.1) is 17.4 Å². The Labute approximate surface area is 96.0 Å². The topological polar surface area (TPSA) is 71.4 Å². The summed E-state index contributed by atoms with van der Waals surface area (Å²) in [7, 11) is -2.96. The molecule has 2 fully saturated rings. The zero-order valence-electron chi connectivity index (χ0n) is 9.26. The Kier molecular flexibility index (Phi) is 3.24. The van der Waals surface area contributed by atoms with Crippen LogP contribution >= 0.6 is 0 Å². The number of hydrogen-bond acceptors (Lipinski definition) is 3. The van der Waals surface area contributed by atoms with Gasteiger partial charge >= 0.3 is 5.97 Å². The maximum atomic E-state index is 11.3. The van der Waals surface area contributed by atoms with Gasteiger partial charge in [-0.3, -0.25) is 4.79 Å². The summed E-state index contributed by atoms with van der Waals surface area (Å²) in [6.07, 6.45) is 4.63. The molecule has 92 valence electrons. The van der Waals surface area contributed by atoms with Crippen molar-refractivity contribution in [3.63, 3.8) is 0 Å². The molecule has 2 atom stereocenters. The summed E-state index contributed by atoms with van der Waals surface area (Å²) in [5.41, 5.74) is 0. The molecular formula is C11H18O4S. The minimum atomic E-state index is -2.96. The second-order valence-electron chi connectivity index (χ2n) is 5.14. The van der Waals surface area contributed by atoms with E-state index in [9.17, 15) is 18.3 Å². The quantitative estimate of drug-likeness (QED) is 0.812. The van der Waals surface area contributed by atoms with Crippen LogP contribution in [0.5, 0.6) is 0 Å². The Hall–Kier alpha value is -0.580. The van der Waals surface area contributed by atoms with Crippen molar-refractivity contribution in [3.8, 4) is 0 Å². The molecule has 1 aliphatic carbocycles. The zero-order chi connectivity index (χ0) is 11.8. The molecule has 0 aromatic rings. The molecular weight excluding hydrogens is 228 g/mol. The molecule has 0 amide bonds. The Bertz CT molecular complexity index is 369. The summed E-state index contributed by atoms with van der Waals surface area (Å²) in [6, 6.07) is 0. The van der Waals surface area contributed by atoms with Crippen LogP contribution in [-0.4, -0.2) is 31.0 Å². The van der Waals surface area contributed by atoms with E-state index in [4.69, 9.17) is 0 Å². The lowest BCUT2D eigenvalue weighted by Gasteiger charge is -2.30. The van der Waals surface area contributed by atoms with E-state index in [-0.39, 0.29) is 17.4 Å². The third kappa shape index (κ3) is 2.56. The Morgan fingerprint density at radius 1 is 1.31 bits per heavy atom. The lowest BCUT2D eigenvalue weighted by molar-refractivity contribution is -0.144. The van der Waals surface area contributed by atoms with Crippen LogP contribution in [0.2, 0.25) is 0 Å². The minimum Gasteiger partial charge on any atom is -0.481 e. The van der Waals surface area contributed by atoms with E-state index in [0.717, 1.165) is 12.8 Å². The van der Waals surface area contributed by atoms with Gasteiger partial charge in [-0.15, -0.1) is 0 Å². The van der Waals surface area contributed by atoms with E-state index >= 15 is 0 Å². The Morgan fingerprint density at radius 2 is 2.00 bits per heavy atom. The number of hydrogen-bond donors (Lipinski definition) is 1. The lowest BCUT2D eigenvalue weighted by atomic mass is 9.75. The van der Waals surface area contributed by atoms with Gasteiger partial charge in [-0.05, 0) is 24.7 Å². The van der Waals surface area contributed by atoms with Crippen LogP contribution in [0, 0.1) is 17.8 Å². The third-order valence-electron chi connectivity index (χ3n) is 3.97. The van der Waals surface area contributed by atoms with Gasteiger partial charge < -0.3 is 5.11 Å². The standard InChI is InChI=1S/C11H18O4S/c12-11(13)10(6-8-2-1-3-8)9-4-5-16(14,15)7-9/h8-10H,1-7H2,(H,12,13). The first-order valence-corrected chi connectivity index (χ1v) is 7.73. The van der Waals surface area contributed by atoms with Gasteiger partial charge in [0.1, 0.15) is 0 Å². The molecule has 2 aliphatic rings. The summed E-state index contributed by atoms with van der Waals surface area (Å²) >= 11 is 0. The van der Waals surface area contributed by atoms with Gasteiger partial charge in [-0.25, -0.2) is 8.42 Å². The summed E-state index contributed by atoms with van der Waals surface area (Å²) in [4.78, 5) is 11.2. The molecule has 0 aromatic heterocycles. The van der Waals surface area contributed by atoms with Gasteiger partial charge in [0.2, 0.25) is 0 Å². The summed E-state index contributed by atoms with van der Waals surface area (Å²) in [6.45, 7) is 0. The van der Waals surface area contributed by atoms with Crippen molar-refractivity contribution in [3.05, 3.63) is 0 Å². The van der Waals surface area contributed by atoms with Crippen LogP contribution in [0.3, 0.4) is 0 Å². The first-order chi connectivity index (χ1) is 7.48. The van der Waals surface area contributed by atoms with Crippen molar-refractivity contribution >= 4 is 15.8 Å². The number of carboxylic acid groups (broad SMARTS) is 1. The minimum absolute atomic E-state index is 0.0800. The molecule has 2 rings (SSSR count). The number of aliphatic carboxylic acids is 1. The molecule has 1 saturated heterocycles. The monoisotopic (exact) mass is 246 g/mol. The zero-order valence-corrected chi connectivity index (χ0v) is 10.1. The first kappa shape index (κ1) is 11.9. The van der Waals surface area contributed by atoms with E-state index < -0.39 is 21.7 Å². The van der Waals surface area contributed by atoms with E-state index in [2.05, 4.69) is 0 Å². The van der Waals surface area contributed by atoms with Gasteiger partial charge in [0.15, 0.2) is 9.84 Å². The highest BCUT2D eigenvalue weighted by molar-refractivity contribution is 7.91. The Morgan fingerprint density at radius 3 is 2.38 bits per heavy atom. The van der Waals surface area contributed by atoms with Crippen molar-refractivity contribution in [2.75, 3.05) is 11.5 Å². The molecule has 16 heavy (non-hydrogen) atoms. The second-order valence-corrected chi connectivity index (χ2v) is 7.37. The van der Waals surface area contributed by atoms with Crippen molar-refractivity contribution in [2.45, 2.75) is 32.1 Å². The Balaban J connectivity index is 1.99. The SMILES string of the molecule is O=C(O)C(CC1CCC1)C1CCS(=O)(=O)C1. The summed E-state index contributed by atoms with van der Waals surface area (Å²) < 4.78 is 22.7. The number of carbonyl (C=O) groups is 1. The van der Waals surface area contributed by atoms with Gasteiger partial charge in [-0.2, -0.15) is 0 Å². The molecule has 4 nitrogen and oxygen atoms in total. The lowest BCUT2D eigenvalue weighted by Crippen LogP contribution is -2.29. The average Bonchev–Trinajstić information content (AvgIpc) is 2.43. The van der Waals surface area contributed by atoms with Crippen LogP contribution in [0.4, 0.5) is 0 Å². The predicted molar refractivity (Wildman–Crippen MR) is 59.8 cm³/mol. The molecule has 1 heterocycles. The first-order valence-electron chi connectivity index (χ1n) is 5.91. The molecule has 0 aromatic carbocycles. The summed E-state index contributed by atoms with van der Waals surface area (Å²) in [5, 5.41) is 9.18. The van der Waals surface area contributed by atoms with Crippen molar-refractivity contribution < 1.29 is 18.3 Å². The van der Waals surface area contributed by atoms with Crippen LogP contribution < -0.4 is 0 Å². The van der Waals surface area contributed by atoms with Crippen LogP contribution in [0.15, 0.2) is 0 Å². The van der Waals surface area contributed by atoms with Crippen LogP contribution in [0.25, 0.3) is 0 Å². The molecule has 2 unspecified atom stereocenters. The highest BCUT2D eigenvalue weighted by Gasteiger charge is 2.39. The van der Waals surface area contributed by atoms with E-state index in [1.165, 1.54) is 6.42 Å². The predicted octanol–water partition coefficient (Wildman–Crippen LogP) is 1.31. The molecule has 1 aliphatic heterocycles. The van der Waals surface area contributed by atoms with Gasteiger partial charge in [0, 0.05) is 0 Å². The van der Waals surface area contributed by atoms with Crippen molar-refractivity contribution in [1.82, 2.24) is 0 Å². The largest absolute Gasteiger partial charge is 0.481 e. The van der Waals surface area contributed by atoms with Crippen molar-refractivity contribution in [1.29, 1.82) is 0 Å². The summed E-state index contributed by atoms with van der Waals surface area (Å²) in [5.74, 6) is -0.632. The third-order valence-corrected chi connectivity index (χ3v) is 5.76. The molecule has 0 bridgehead atoms. The molecule has 0 radical (unpaired) electrons. The average molecular weight is 246 g/mol. The molecule has 0 spiro atoms. The smallest absolute Gasteiger partial charge is 0.306 e. The second kappa shape index (κ2) is 4.35. The highest BCUT2D eigenvalue weighted by Crippen LogP contribution is 2.37. The maximum Gasteiger partial charge on any atom is 0.306 e. The van der Waals surface area contributed by atoms with Gasteiger partial charge in [0.25, 0.3) is 0 Å². The number of sulfone groups is 1. The fourth-order valence-corrected chi connectivity index (χ4v) is 4.60. The van der Waals surface area contributed by atoms with Crippen molar-refractivity contribution in [2.24, 2.45) is 17.8 Å². The fourth-order valence-electron chi connectivity index (χ4n) is 2.72. The fraction of sp³-hybridized carbons (Fsp3) is 0.909. The maximum absolute atomic E-state index is 11.3. The highest BCUT2D eigenvalue weighted by atomic mass is 32.2. The number of carboxylic acids is 1. The van der Waals surface area contributed by atoms with Crippen LogP contribution in [0.1, 0.15) is 32.1 Å². The van der Waals surface area contributed by atoms with E-state index in [1.807, 2.05) is 0 Å².